The minimum absolute atomic E-state index is 0.160. The van der Waals surface area contributed by atoms with Gasteiger partial charge >= 0.3 is 6.09 Å². The standard InChI is InChI=1S/C19H36N2O3/c1-14(22)13-20-17-7-5-15(6-8-17)16-9-11-21(12-10-16)18(23)24-19(2,3)4/h14-17,20,22H,5-13H2,1-4H3. The number of nitrogens with one attached hydrogen (secondary N) is 1. The van der Waals surface area contributed by atoms with Crippen LogP contribution in [0.1, 0.15) is 66.2 Å². The molecule has 1 atom stereocenters. The Hall–Kier alpha value is -0.810. The van der Waals surface area contributed by atoms with Gasteiger partial charge in [0, 0.05) is 25.7 Å². The summed E-state index contributed by atoms with van der Waals surface area (Å²) in [7, 11) is 0. The van der Waals surface area contributed by atoms with Gasteiger partial charge in [-0.2, -0.15) is 0 Å². The van der Waals surface area contributed by atoms with Crippen LogP contribution in [0.3, 0.4) is 0 Å². The summed E-state index contributed by atoms with van der Waals surface area (Å²) in [6.45, 7) is 9.95. The molecule has 0 aromatic rings. The Labute approximate surface area is 147 Å². The van der Waals surface area contributed by atoms with E-state index >= 15 is 0 Å². The number of likely N-dealkylation sites (tertiary alicyclic amines) is 1. The zero-order valence-electron chi connectivity index (χ0n) is 15.9. The van der Waals surface area contributed by atoms with Gasteiger partial charge in [0.05, 0.1) is 6.10 Å². The average Bonchev–Trinajstić information content (AvgIpc) is 2.52. The Balaban J connectivity index is 1.69. The summed E-state index contributed by atoms with van der Waals surface area (Å²) in [5.41, 5.74) is -0.411. The molecule has 2 rings (SSSR count). The molecule has 0 spiro atoms. The molecule has 0 aromatic heterocycles. The maximum Gasteiger partial charge on any atom is 0.410 e. The van der Waals surface area contributed by atoms with Crippen LogP contribution in [0, 0.1) is 11.8 Å². The number of amides is 1. The van der Waals surface area contributed by atoms with E-state index in [1.807, 2.05) is 32.6 Å². The van der Waals surface area contributed by atoms with Crippen molar-refractivity contribution < 1.29 is 14.6 Å². The third kappa shape index (κ3) is 6.25. The molecule has 1 saturated carbocycles. The number of carbonyl (C=O) groups is 1. The van der Waals surface area contributed by atoms with E-state index in [9.17, 15) is 9.90 Å². The fourth-order valence-corrected chi connectivity index (χ4v) is 4.01. The third-order valence-electron chi connectivity index (χ3n) is 5.33. The topological polar surface area (TPSA) is 61.8 Å². The Morgan fingerprint density at radius 2 is 1.67 bits per heavy atom. The molecule has 1 heterocycles. The Bertz CT molecular complexity index is 390. The highest BCUT2D eigenvalue weighted by atomic mass is 16.6. The summed E-state index contributed by atoms with van der Waals surface area (Å²) < 4.78 is 5.48. The van der Waals surface area contributed by atoms with Crippen LogP contribution in [0.25, 0.3) is 0 Å². The summed E-state index contributed by atoms with van der Waals surface area (Å²) in [5.74, 6) is 1.55. The van der Waals surface area contributed by atoms with Crippen LogP contribution < -0.4 is 5.32 Å². The van der Waals surface area contributed by atoms with Gasteiger partial charge in [0.15, 0.2) is 0 Å². The van der Waals surface area contributed by atoms with Gasteiger partial charge in [-0.25, -0.2) is 4.79 Å². The smallest absolute Gasteiger partial charge is 0.410 e. The lowest BCUT2D eigenvalue weighted by Crippen LogP contribution is -2.44. The van der Waals surface area contributed by atoms with Crippen molar-refractivity contribution in [3.63, 3.8) is 0 Å². The lowest BCUT2D eigenvalue weighted by Gasteiger charge is -2.39. The van der Waals surface area contributed by atoms with E-state index in [2.05, 4.69) is 5.32 Å². The molecule has 1 saturated heterocycles. The predicted octanol–water partition coefficient (Wildman–Crippen LogP) is 3.16. The molecule has 2 N–H and O–H groups in total. The first-order valence-corrected chi connectivity index (χ1v) is 9.64. The molecule has 24 heavy (non-hydrogen) atoms. The summed E-state index contributed by atoms with van der Waals surface area (Å²) in [6, 6.07) is 0.567. The SMILES string of the molecule is CC(O)CNC1CCC(C2CCN(C(=O)OC(C)(C)C)CC2)CC1. The number of rotatable bonds is 4. The van der Waals surface area contributed by atoms with E-state index < -0.39 is 5.60 Å². The van der Waals surface area contributed by atoms with Crippen molar-refractivity contribution in [1.29, 1.82) is 0 Å². The van der Waals surface area contributed by atoms with Gasteiger partial charge < -0.3 is 20.1 Å². The number of hydrogen-bond donors (Lipinski definition) is 2. The number of piperidine rings is 1. The minimum Gasteiger partial charge on any atom is -0.444 e. The quantitative estimate of drug-likeness (QED) is 0.825. The van der Waals surface area contributed by atoms with Gasteiger partial charge in [-0.3, -0.25) is 0 Å². The van der Waals surface area contributed by atoms with Crippen LogP contribution in [-0.4, -0.2) is 53.5 Å². The molecular weight excluding hydrogens is 304 g/mol. The molecule has 5 heteroatoms. The van der Waals surface area contributed by atoms with Crippen molar-refractivity contribution in [1.82, 2.24) is 10.2 Å². The fourth-order valence-electron chi connectivity index (χ4n) is 4.01. The second kappa shape index (κ2) is 8.52. The molecule has 0 aromatic carbocycles. The first kappa shape index (κ1) is 19.5. The number of nitrogens with zero attached hydrogens (tertiary/aromatic N) is 1. The number of hydrogen-bond acceptors (Lipinski definition) is 4. The van der Waals surface area contributed by atoms with Gasteiger partial charge in [-0.15, -0.1) is 0 Å². The molecule has 1 unspecified atom stereocenters. The van der Waals surface area contributed by atoms with E-state index in [1.165, 1.54) is 25.7 Å². The fraction of sp³-hybridized carbons (Fsp3) is 0.947. The van der Waals surface area contributed by atoms with Gasteiger partial charge in [-0.1, -0.05) is 0 Å². The molecule has 1 amide bonds. The Morgan fingerprint density at radius 1 is 1.12 bits per heavy atom. The van der Waals surface area contributed by atoms with Crippen LogP contribution in [0.5, 0.6) is 0 Å². The summed E-state index contributed by atoms with van der Waals surface area (Å²) >= 11 is 0. The maximum atomic E-state index is 12.1. The molecule has 5 nitrogen and oxygen atoms in total. The highest BCUT2D eigenvalue weighted by Gasteiger charge is 2.32. The van der Waals surface area contributed by atoms with Crippen molar-refractivity contribution in [2.24, 2.45) is 11.8 Å². The van der Waals surface area contributed by atoms with Gasteiger partial charge in [-0.05, 0) is 78.1 Å². The van der Waals surface area contributed by atoms with E-state index in [0.29, 0.717) is 12.6 Å². The lowest BCUT2D eigenvalue weighted by molar-refractivity contribution is 0.0145. The monoisotopic (exact) mass is 340 g/mol. The Kier molecular flexibility index (Phi) is 6.93. The number of carbonyl (C=O) groups excluding carboxylic acids is 1. The highest BCUT2D eigenvalue weighted by molar-refractivity contribution is 5.68. The number of ether oxygens (including phenoxy) is 1. The molecule has 1 aliphatic carbocycles. The summed E-state index contributed by atoms with van der Waals surface area (Å²) in [4.78, 5) is 14.0. The third-order valence-corrected chi connectivity index (χ3v) is 5.33. The molecule has 2 aliphatic rings. The van der Waals surface area contributed by atoms with Crippen molar-refractivity contribution in [2.75, 3.05) is 19.6 Å². The number of aliphatic hydroxyl groups excluding tert-OH is 1. The first-order valence-electron chi connectivity index (χ1n) is 9.64. The molecule has 0 bridgehead atoms. The lowest BCUT2D eigenvalue weighted by atomic mass is 9.74. The summed E-state index contributed by atoms with van der Waals surface area (Å²) in [6.07, 6.45) is 6.76. The normalized spacial score (nSPS) is 27.8. The van der Waals surface area contributed by atoms with Gasteiger partial charge in [0.2, 0.25) is 0 Å². The van der Waals surface area contributed by atoms with Crippen molar-refractivity contribution in [3.8, 4) is 0 Å². The zero-order valence-corrected chi connectivity index (χ0v) is 15.9. The van der Waals surface area contributed by atoms with Crippen LogP contribution in [-0.2, 0) is 4.74 Å². The minimum atomic E-state index is -0.411. The van der Waals surface area contributed by atoms with Crippen LogP contribution >= 0.6 is 0 Å². The van der Waals surface area contributed by atoms with Crippen LogP contribution in [0.2, 0.25) is 0 Å². The Morgan fingerprint density at radius 3 is 2.17 bits per heavy atom. The molecular formula is C19H36N2O3. The molecule has 1 aliphatic heterocycles. The van der Waals surface area contributed by atoms with E-state index in [4.69, 9.17) is 4.74 Å². The average molecular weight is 341 g/mol. The first-order chi connectivity index (χ1) is 11.2. The number of aliphatic hydroxyl groups is 1. The van der Waals surface area contributed by atoms with Gasteiger partial charge in [0.1, 0.15) is 5.60 Å². The van der Waals surface area contributed by atoms with Crippen molar-refractivity contribution in [2.45, 2.75) is 84.0 Å². The second-order valence-corrected chi connectivity index (χ2v) is 8.67. The van der Waals surface area contributed by atoms with Crippen molar-refractivity contribution >= 4 is 6.09 Å². The molecule has 2 fully saturated rings. The van der Waals surface area contributed by atoms with Crippen LogP contribution in [0.4, 0.5) is 4.79 Å². The van der Waals surface area contributed by atoms with E-state index in [1.54, 1.807) is 0 Å². The maximum absolute atomic E-state index is 12.1. The van der Waals surface area contributed by atoms with Crippen LogP contribution in [0.15, 0.2) is 0 Å². The zero-order chi connectivity index (χ0) is 17.7. The van der Waals surface area contributed by atoms with Gasteiger partial charge in [0.25, 0.3) is 0 Å². The van der Waals surface area contributed by atoms with E-state index in [0.717, 1.165) is 37.8 Å². The van der Waals surface area contributed by atoms with E-state index in [-0.39, 0.29) is 12.2 Å². The summed E-state index contributed by atoms with van der Waals surface area (Å²) in [5, 5.41) is 12.8. The molecule has 140 valence electrons. The second-order valence-electron chi connectivity index (χ2n) is 8.67. The predicted molar refractivity (Wildman–Crippen MR) is 96.0 cm³/mol. The largest absolute Gasteiger partial charge is 0.444 e. The molecule has 0 radical (unpaired) electrons. The van der Waals surface area contributed by atoms with Crippen molar-refractivity contribution in [3.05, 3.63) is 0 Å². The highest BCUT2D eigenvalue weighted by Crippen LogP contribution is 2.36.